The van der Waals surface area contributed by atoms with Crippen LogP contribution in [-0.2, 0) is 16.1 Å². The molecule has 2 rings (SSSR count). The van der Waals surface area contributed by atoms with E-state index >= 15 is 0 Å². The van der Waals surface area contributed by atoms with E-state index in [-0.39, 0.29) is 18.0 Å². The molecule has 0 spiro atoms. The molecule has 4 heteroatoms. The Labute approximate surface area is 119 Å². The summed E-state index contributed by atoms with van der Waals surface area (Å²) < 4.78 is 5.27. The van der Waals surface area contributed by atoms with Crippen LogP contribution in [0.3, 0.4) is 0 Å². The van der Waals surface area contributed by atoms with Gasteiger partial charge in [-0.05, 0) is 44.5 Å². The maximum atomic E-state index is 11.8. The normalized spacial score (nSPS) is 19.9. The number of hydrogen-bond acceptors (Lipinski definition) is 3. The van der Waals surface area contributed by atoms with Gasteiger partial charge in [0.2, 0.25) is 0 Å². The van der Waals surface area contributed by atoms with Gasteiger partial charge in [-0.1, -0.05) is 23.7 Å². The highest BCUT2D eigenvalue weighted by atomic mass is 35.5. The van der Waals surface area contributed by atoms with E-state index in [0.29, 0.717) is 0 Å². The number of carbonyl (C=O) groups excluding carboxylic acids is 1. The molecule has 1 aliphatic heterocycles. The fourth-order valence-corrected chi connectivity index (χ4v) is 2.60. The van der Waals surface area contributed by atoms with Crippen molar-refractivity contribution in [1.82, 2.24) is 4.90 Å². The van der Waals surface area contributed by atoms with Crippen LogP contribution in [0.4, 0.5) is 0 Å². The van der Waals surface area contributed by atoms with Gasteiger partial charge < -0.3 is 4.74 Å². The monoisotopic (exact) mass is 281 g/mol. The summed E-state index contributed by atoms with van der Waals surface area (Å²) in [5.74, 6) is -0.0508. The van der Waals surface area contributed by atoms with Crippen molar-refractivity contribution < 1.29 is 9.53 Å². The summed E-state index contributed by atoms with van der Waals surface area (Å²) in [7, 11) is 0. The molecule has 0 saturated carbocycles. The minimum absolute atomic E-state index is 0.0154. The SMILES string of the molecule is CC(C)OC(=O)C1CCN(Cc2cccc(Cl)c2)C1. The van der Waals surface area contributed by atoms with E-state index in [2.05, 4.69) is 11.0 Å². The lowest BCUT2D eigenvalue weighted by atomic mass is 10.1. The number of esters is 1. The van der Waals surface area contributed by atoms with Crippen LogP contribution in [0.15, 0.2) is 24.3 Å². The van der Waals surface area contributed by atoms with Crippen molar-refractivity contribution in [2.45, 2.75) is 32.9 Å². The molecule has 1 aromatic rings. The van der Waals surface area contributed by atoms with Gasteiger partial charge in [0.05, 0.1) is 12.0 Å². The molecule has 1 heterocycles. The molecule has 1 atom stereocenters. The molecule has 1 fully saturated rings. The van der Waals surface area contributed by atoms with Crippen LogP contribution in [0.2, 0.25) is 5.02 Å². The highest BCUT2D eigenvalue weighted by Gasteiger charge is 2.29. The third-order valence-corrected chi connectivity index (χ3v) is 3.49. The molecule has 0 bridgehead atoms. The van der Waals surface area contributed by atoms with Gasteiger partial charge in [0, 0.05) is 18.1 Å². The van der Waals surface area contributed by atoms with E-state index < -0.39 is 0 Å². The van der Waals surface area contributed by atoms with Gasteiger partial charge in [0.25, 0.3) is 0 Å². The van der Waals surface area contributed by atoms with Crippen molar-refractivity contribution in [1.29, 1.82) is 0 Å². The first-order valence-electron chi connectivity index (χ1n) is 6.72. The minimum atomic E-state index is -0.0661. The molecule has 3 nitrogen and oxygen atoms in total. The molecule has 0 aromatic heterocycles. The van der Waals surface area contributed by atoms with Gasteiger partial charge in [-0.25, -0.2) is 0 Å². The van der Waals surface area contributed by atoms with Crippen molar-refractivity contribution >= 4 is 17.6 Å². The molecular formula is C15H20ClNO2. The van der Waals surface area contributed by atoms with Gasteiger partial charge in [0.1, 0.15) is 0 Å². The van der Waals surface area contributed by atoms with Gasteiger partial charge in [0.15, 0.2) is 0 Å². The Morgan fingerprint density at radius 2 is 2.32 bits per heavy atom. The van der Waals surface area contributed by atoms with E-state index in [0.717, 1.165) is 31.1 Å². The first-order valence-corrected chi connectivity index (χ1v) is 7.09. The molecule has 1 saturated heterocycles. The predicted molar refractivity (Wildman–Crippen MR) is 76.1 cm³/mol. The summed E-state index contributed by atoms with van der Waals surface area (Å²) in [6, 6.07) is 7.86. The van der Waals surface area contributed by atoms with Crippen molar-refractivity contribution in [3.63, 3.8) is 0 Å². The lowest BCUT2D eigenvalue weighted by Crippen LogP contribution is -2.25. The predicted octanol–water partition coefficient (Wildman–Crippen LogP) is 3.11. The van der Waals surface area contributed by atoms with Crippen LogP contribution in [0, 0.1) is 5.92 Å². The fourth-order valence-electron chi connectivity index (χ4n) is 2.39. The van der Waals surface area contributed by atoms with Gasteiger partial charge >= 0.3 is 5.97 Å². The number of carbonyl (C=O) groups is 1. The van der Waals surface area contributed by atoms with E-state index in [9.17, 15) is 4.79 Å². The highest BCUT2D eigenvalue weighted by Crippen LogP contribution is 2.21. The fraction of sp³-hybridized carbons (Fsp3) is 0.533. The van der Waals surface area contributed by atoms with Crippen molar-refractivity contribution in [3.05, 3.63) is 34.9 Å². The zero-order chi connectivity index (χ0) is 13.8. The van der Waals surface area contributed by atoms with Crippen molar-refractivity contribution in [2.75, 3.05) is 13.1 Å². The number of ether oxygens (including phenoxy) is 1. The Morgan fingerprint density at radius 3 is 3.00 bits per heavy atom. The van der Waals surface area contributed by atoms with Crippen LogP contribution >= 0.6 is 11.6 Å². The topological polar surface area (TPSA) is 29.5 Å². The molecule has 1 aromatic carbocycles. The van der Waals surface area contributed by atoms with Crippen LogP contribution in [0.1, 0.15) is 25.8 Å². The molecule has 0 amide bonds. The van der Waals surface area contributed by atoms with Gasteiger partial charge in [-0.3, -0.25) is 9.69 Å². The van der Waals surface area contributed by atoms with E-state index in [1.54, 1.807) is 0 Å². The third-order valence-electron chi connectivity index (χ3n) is 3.25. The molecule has 1 unspecified atom stereocenters. The summed E-state index contributed by atoms with van der Waals surface area (Å²) >= 11 is 5.97. The van der Waals surface area contributed by atoms with Crippen LogP contribution in [-0.4, -0.2) is 30.1 Å². The lowest BCUT2D eigenvalue weighted by molar-refractivity contribution is -0.151. The van der Waals surface area contributed by atoms with Gasteiger partial charge in [-0.2, -0.15) is 0 Å². The van der Waals surface area contributed by atoms with Crippen LogP contribution in [0.5, 0.6) is 0 Å². The standard InChI is InChI=1S/C15H20ClNO2/c1-11(2)19-15(18)13-6-7-17(10-13)9-12-4-3-5-14(16)8-12/h3-5,8,11,13H,6-7,9-10H2,1-2H3. The largest absolute Gasteiger partial charge is 0.463 e. The van der Waals surface area contributed by atoms with E-state index in [4.69, 9.17) is 16.3 Å². The number of benzene rings is 1. The average molecular weight is 282 g/mol. The highest BCUT2D eigenvalue weighted by molar-refractivity contribution is 6.30. The second kappa shape index (κ2) is 6.40. The van der Waals surface area contributed by atoms with Crippen LogP contribution in [0.25, 0.3) is 0 Å². The molecule has 0 aliphatic carbocycles. The second-order valence-corrected chi connectivity index (χ2v) is 5.77. The molecule has 0 radical (unpaired) electrons. The summed E-state index contributed by atoms with van der Waals surface area (Å²) in [5.41, 5.74) is 1.19. The van der Waals surface area contributed by atoms with Crippen LogP contribution < -0.4 is 0 Å². The molecule has 1 aliphatic rings. The summed E-state index contributed by atoms with van der Waals surface area (Å²) in [6.07, 6.45) is 0.848. The first-order chi connectivity index (χ1) is 9.04. The Bertz CT molecular complexity index is 448. The zero-order valence-corrected chi connectivity index (χ0v) is 12.2. The minimum Gasteiger partial charge on any atom is -0.463 e. The Hall–Kier alpha value is -1.06. The maximum Gasteiger partial charge on any atom is 0.310 e. The molecule has 104 valence electrons. The number of nitrogens with zero attached hydrogens (tertiary/aromatic N) is 1. The zero-order valence-electron chi connectivity index (χ0n) is 11.4. The lowest BCUT2D eigenvalue weighted by Gasteiger charge is -2.16. The summed E-state index contributed by atoms with van der Waals surface area (Å²) in [4.78, 5) is 14.1. The smallest absolute Gasteiger partial charge is 0.310 e. The quantitative estimate of drug-likeness (QED) is 0.794. The molecule has 19 heavy (non-hydrogen) atoms. The third kappa shape index (κ3) is 4.22. The number of halogens is 1. The summed E-state index contributed by atoms with van der Waals surface area (Å²) in [6.45, 7) is 6.32. The summed E-state index contributed by atoms with van der Waals surface area (Å²) in [5, 5.41) is 0.757. The van der Waals surface area contributed by atoms with Gasteiger partial charge in [-0.15, -0.1) is 0 Å². The average Bonchev–Trinajstić information content (AvgIpc) is 2.76. The second-order valence-electron chi connectivity index (χ2n) is 5.34. The number of likely N-dealkylation sites (tertiary alicyclic amines) is 1. The van der Waals surface area contributed by atoms with E-state index in [1.165, 1.54) is 5.56 Å². The number of rotatable bonds is 4. The Balaban J connectivity index is 1.87. The van der Waals surface area contributed by atoms with Crippen molar-refractivity contribution in [3.8, 4) is 0 Å². The Morgan fingerprint density at radius 1 is 1.53 bits per heavy atom. The first kappa shape index (κ1) is 14.4. The maximum absolute atomic E-state index is 11.8. The molecule has 0 N–H and O–H groups in total. The van der Waals surface area contributed by atoms with E-state index in [1.807, 2.05) is 32.0 Å². The van der Waals surface area contributed by atoms with Crippen molar-refractivity contribution in [2.24, 2.45) is 5.92 Å². The number of hydrogen-bond donors (Lipinski definition) is 0. The molecular weight excluding hydrogens is 262 g/mol. The Kier molecular flexibility index (Phi) is 4.83.